The fraction of sp³-hybridized carbons (Fsp3) is 0.480. The third kappa shape index (κ3) is 9.87. The zero-order valence-electron chi connectivity index (χ0n) is 19.4. The van der Waals surface area contributed by atoms with Crippen LogP contribution in [0.2, 0.25) is 0 Å². The van der Waals surface area contributed by atoms with Gasteiger partial charge in [-0.3, -0.25) is 4.90 Å². The molecule has 33 heavy (non-hydrogen) atoms. The smallest absolute Gasteiger partial charge is 0.191 e. The van der Waals surface area contributed by atoms with E-state index >= 15 is 0 Å². The summed E-state index contributed by atoms with van der Waals surface area (Å²) < 4.78 is 11.3. The van der Waals surface area contributed by atoms with E-state index in [1.54, 1.807) is 0 Å². The maximum Gasteiger partial charge on any atom is 0.191 e. The lowest BCUT2D eigenvalue weighted by atomic mass is 10.0. The molecule has 3 N–H and O–H groups in total. The van der Waals surface area contributed by atoms with E-state index in [4.69, 9.17) is 14.5 Å². The van der Waals surface area contributed by atoms with Gasteiger partial charge < -0.3 is 25.2 Å². The summed E-state index contributed by atoms with van der Waals surface area (Å²) in [5.74, 6) is 1.62. The summed E-state index contributed by atoms with van der Waals surface area (Å²) in [7, 11) is 0. The lowest BCUT2D eigenvalue weighted by Gasteiger charge is -2.26. The first-order chi connectivity index (χ1) is 15.8. The summed E-state index contributed by atoms with van der Waals surface area (Å²) in [5.41, 5.74) is 2.20. The van der Waals surface area contributed by atoms with Gasteiger partial charge in [0, 0.05) is 38.6 Å². The monoisotopic (exact) mass is 568 g/mol. The molecule has 0 bridgehead atoms. The quantitative estimate of drug-likeness (QED) is 0.220. The van der Waals surface area contributed by atoms with Crippen molar-refractivity contribution in [3.63, 3.8) is 0 Å². The van der Waals surface area contributed by atoms with Gasteiger partial charge in [0.2, 0.25) is 0 Å². The fourth-order valence-electron chi connectivity index (χ4n) is 3.60. The van der Waals surface area contributed by atoms with Gasteiger partial charge in [-0.25, -0.2) is 4.99 Å². The molecule has 0 saturated carbocycles. The number of aliphatic hydroxyl groups excluding tert-OH is 1. The highest BCUT2D eigenvalue weighted by Gasteiger charge is 2.11. The fourth-order valence-corrected chi connectivity index (χ4v) is 3.60. The maximum absolute atomic E-state index is 9.79. The van der Waals surface area contributed by atoms with Gasteiger partial charge in [0.15, 0.2) is 5.96 Å². The van der Waals surface area contributed by atoms with Crippen LogP contribution < -0.4 is 15.4 Å². The summed E-state index contributed by atoms with van der Waals surface area (Å²) in [6.07, 6.45) is 0. The van der Waals surface area contributed by atoms with Crippen molar-refractivity contribution in [2.24, 2.45) is 4.99 Å². The van der Waals surface area contributed by atoms with Crippen LogP contribution in [-0.4, -0.2) is 75.1 Å². The number of rotatable bonds is 11. The first kappa shape index (κ1) is 27.4. The second kappa shape index (κ2) is 15.9. The molecule has 8 heteroatoms. The molecule has 182 valence electrons. The SMILES string of the molecule is CCNC(=NCc1cccc(OCCN2CCOCC2)c1)NCC(CO)c1ccccc1.I. The Morgan fingerprint density at radius 3 is 2.64 bits per heavy atom. The van der Waals surface area contributed by atoms with E-state index in [0.29, 0.717) is 19.7 Å². The molecule has 3 rings (SSSR count). The molecule has 1 fully saturated rings. The standard InChI is InChI=1S/C25H36N4O3.HI/c1-2-26-25(28-19-23(20-30)22-8-4-3-5-9-22)27-18-21-7-6-10-24(17-21)32-16-13-29-11-14-31-15-12-29;/h3-10,17,23,30H,2,11-16,18-20H2,1H3,(H2,26,27,28);1H. The molecular weight excluding hydrogens is 531 g/mol. The molecule has 1 saturated heterocycles. The van der Waals surface area contributed by atoms with Gasteiger partial charge in [-0.05, 0) is 30.2 Å². The van der Waals surface area contributed by atoms with Gasteiger partial charge in [-0.1, -0.05) is 42.5 Å². The highest BCUT2D eigenvalue weighted by atomic mass is 127. The number of hydrogen-bond donors (Lipinski definition) is 3. The number of aliphatic hydroxyl groups is 1. The molecule has 0 radical (unpaired) electrons. The van der Waals surface area contributed by atoms with Crippen molar-refractivity contribution in [2.75, 3.05) is 59.2 Å². The number of halogens is 1. The Morgan fingerprint density at radius 2 is 1.91 bits per heavy atom. The molecule has 0 aromatic heterocycles. The number of ether oxygens (including phenoxy) is 2. The average molecular weight is 569 g/mol. The Bertz CT molecular complexity index is 816. The van der Waals surface area contributed by atoms with E-state index in [1.165, 1.54) is 0 Å². The predicted octanol–water partition coefficient (Wildman–Crippen LogP) is 2.85. The number of benzene rings is 2. The largest absolute Gasteiger partial charge is 0.492 e. The normalized spacial score (nSPS) is 15.4. The summed E-state index contributed by atoms with van der Waals surface area (Å²) in [6, 6.07) is 18.1. The minimum Gasteiger partial charge on any atom is -0.492 e. The third-order valence-electron chi connectivity index (χ3n) is 5.45. The van der Waals surface area contributed by atoms with E-state index < -0.39 is 0 Å². The number of aliphatic imine (C=N–C) groups is 1. The maximum atomic E-state index is 9.79. The number of hydrogen-bond acceptors (Lipinski definition) is 5. The molecular formula is C25H37IN4O3. The van der Waals surface area contributed by atoms with E-state index in [1.807, 2.05) is 55.5 Å². The Balaban J connectivity index is 0.00000385. The second-order valence-corrected chi connectivity index (χ2v) is 7.82. The topological polar surface area (TPSA) is 78.4 Å². The van der Waals surface area contributed by atoms with Gasteiger partial charge in [-0.2, -0.15) is 0 Å². The summed E-state index contributed by atoms with van der Waals surface area (Å²) in [5, 5.41) is 16.4. The van der Waals surface area contributed by atoms with E-state index in [0.717, 1.165) is 62.2 Å². The number of guanidine groups is 1. The minimum absolute atomic E-state index is 0. The van der Waals surface area contributed by atoms with Gasteiger partial charge in [0.05, 0.1) is 26.4 Å². The molecule has 0 aliphatic carbocycles. The molecule has 1 heterocycles. The lowest BCUT2D eigenvalue weighted by Crippen LogP contribution is -2.39. The van der Waals surface area contributed by atoms with Crippen molar-refractivity contribution in [3.8, 4) is 5.75 Å². The molecule has 1 atom stereocenters. The van der Waals surface area contributed by atoms with Crippen LogP contribution in [0.25, 0.3) is 0 Å². The van der Waals surface area contributed by atoms with E-state index in [-0.39, 0.29) is 36.5 Å². The average Bonchev–Trinajstić information content (AvgIpc) is 2.84. The van der Waals surface area contributed by atoms with Crippen molar-refractivity contribution in [2.45, 2.75) is 19.4 Å². The zero-order chi connectivity index (χ0) is 22.4. The molecule has 2 aromatic carbocycles. The molecule has 7 nitrogen and oxygen atoms in total. The van der Waals surface area contributed by atoms with Crippen LogP contribution in [-0.2, 0) is 11.3 Å². The van der Waals surface area contributed by atoms with Crippen LogP contribution in [0.3, 0.4) is 0 Å². The van der Waals surface area contributed by atoms with Gasteiger partial charge in [-0.15, -0.1) is 24.0 Å². The van der Waals surface area contributed by atoms with Crippen LogP contribution in [0.5, 0.6) is 5.75 Å². The molecule has 0 spiro atoms. The highest BCUT2D eigenvalue weighted by molar-refractivity contribution is 14.0. The van der Waals surface area contributed by atoms with E-state index in [2.05, 4.69) is 21.6 Å². The molecule has 1 aliphatic heterocycles. The van der Waals surface area contributed by atoms with Crippen LogP contribution >= 0.6 is 24.0 Å². The summed E-state index contributed by atoms with van der Waals surface area (Å²) >= 11 is 0. The van der Waals surface area contributed by atoms with E-state index in [9.17, 15) is 5.11 Å². The zero-order valence-corrected chi connectivity index (χ0v) is 21.7. The first-order valence-electron chi connectivity index (χ1n) is 11.5. The Hall–Kier alpha value is -1.88. The van der Waals surface area contributed by atoms with Crippen LogP contribution in [0.15, 0.2) is 59.6 Å². The summed E-state index contributed by atoms with van der Waals surface area (Å²) in [4.78, 5) is 7.08. The van der Waals surface area contributed by atoms with Crippen molar-refractivity contribution in [1.29, 1.82) is 0 Å². The lowest BCUT2D eigenvalue weighted by molar-refractivity contribution is 0.0322. The van der Waals surface area contributed by atoms with Crippen molar-refractivity contribution in [3.05, 3.63) is 65.7 Å². The third-order valence-corrected chi connectivity index (χ3v) is 5.45. The van der Waals surface area contributed by atoms with Gasteiger partial charge >= 0.3 is 0 Å². The minimum atomic E-state index is 0. The first-order valence-corrected chi connectivity index (χ1v) is 11.5. The Labute approximate surface area is 214 Å². The van der Waals surface area contributed by atoms with Crippen molar-refractivity contribution >= 4 is 29.9 Å². The molecule has 0 amide bonds. The van der Waals surface area contributed by atoms with Crippen LogP contribution in [0, 0.1) is 0 Å². The summed E-state index contributed by atoms with van der Waals surface area (Å²) in [6.45, 7) is 9.18. The number of morpholine rings is 1. The number of nitrogens with zero attached hydrogens (tertiary/aromatic N) is 2. The second-order valence-electron chi connectivity index (χ2n) is 7.82. The Kier molecular flexibility index (Phi) is 13.2. The predicted molar refractivity (Wildman–Crippen MR) is 144 cm³/mol. The van der Waals surface area contributed by atoms with Crippen LogP contribution in [0.1, 0.15) is 24.0 Å². The van der Waals surface area contributed by atoms with Gasteiger partial charge in [0.25, 0.3) is 0 Å². The molecule has 1 aliphatic rings. The number of nitrogens with one attached hydrogen (secondary N) is 2. The van der Waals surface area contributed by atoms with Crippen molar-refractivity contribution < 1.29 is 14.6 Å². The van der Waals surface area contributed by atoms with Crippen LogP contribution in [0.4, 0.5) is 0 Å². The Morgan fingerprint density at radius 1 is 1.12 bits per heavy atom. The highest BCUT2D eigenvalue weighted by Crippen LogP contribution is 2.15. The van der Waals surface area contributed by atoms with Crippen molar-refractivity contribution in [1.82, 2.24) is 15.5 Å². The molecule has 2 aromatic rings. The molecule has 1 unspecified atom stereocenters. The van der Waals surface area contributed by atoms with Gasteiger partial charge in [0.1, 0.15) is 12.4 Å².